The molecule has 106 valence electrons. The summed E-state index contributed by atoms with van der Waals surface area (Å²) in [5, 5.41) is 19.2. The lowest BCUT2D eigenvalue weighted by atomic mass is 10.0. The number of aromatic nitrogens is 2. The number of carbonyl (C=O) groups is 2. The monoisotopic (exact) mass is 275 g/mol. The SMILES string of the molecule is CC(C)C[C@@H](NC(=O)c1ccc2[nH]ncc2c1)C(=O)O. The number of hydrogen-bond acceptors (Lipinski definition) is 3. The van der Waals surface area contributed by atoms with E-state index in [2.05, 4.69) is 15.5 Å². The van der Waals surface area contributed by atoms with Crippen molar-refractivity contribution in [1.82, 2.24) is 15.5 Å². The van der Waals surface area contributed by atoms with Crippen molar-refractivity contribution in [3.63, 3.8) is 0 Å². The summed E-state index contributed by atoms with van der Waals surface area (Å²) < 4.78 is 0. The van der Waals surface area contributed by atoms with Crippen LogP contribution in [0, 0.1) is 5.92 Å². The first-order valence-electron chi connectivity index (χ1n) is 6.44. The van der Waals surface area contributed by atoms with Crippen LogP contribution in [0.2, 0.25) is 0 Å². The van der Waals surface area contributed by atoms with Gasteiger partial charge in [0, 0.05) is 10.9 Å². The molecule has 0 radical (unpaired) electrons. The zero-order chi connectivity index (χ0) is 14.7. The maximum atomic E-state index is 12.1. The van der Waals surface area contributed by atoms with E-state index in [0.717, 1.165) is 10.9 Å². The Kier molecular flexibility index (Phi) is 4.02. The van der Waals surface area contributed by atoms with Crippen LogP contribution in [0.5, 0.6) is 0 Å². The van der Waals surface area contributed by atoms with Crippen molar-refractivity contribution in [3.8, 4) is 0 Å². The lowest BCUT2D eigenvalue weighted by molar-refractivity contribution is -0.139. The molecule has 0 saturated heterocycles. The number of nitrogens with one attached hydrogen (secondary N) is 2. The molecular formula is C14H17N3O3. The van der Waals surface area contributed by atoms with Crippen molar-refractivity contribution in [2.75, 3.05) is 0 Å². The Balaban J connectivity index is 2.15. The topological polar surface area (TPSA) is 95.1 Å². The third-order valence-electron chi connectivity index (χ3n) is 3.01. The van der Waals surface area contributed by atoms with Crippen LogP contribution in [0.4, 0.5) is 0 Å². The molecule has 6 heteroatoms. The Labute approximate surface area is 116 Å². The number of carboxylic acids is 1. The first kappa shape index (κ1) is 14.0. The van der Waals surface area contributed by atoms with Gasteiger partial charge in [0.15, 0.2) is 0 Å². The molecular weight excluding hydrogens is 258 g/mol. The molecule has 2 rings (SSSR count). The van der Waals surface area contributed by atoms with Crippen LogP contribution in [0.25, 0.3) is 10.9 Å². The molecule has 6 nitrogen and oxygen atoms in total. The molecule has 0 aliphatic rings. The summed E-state index contributed by atoms with van der Waals surface area (Å²) in [6, 6.07) is 4.20. The number of amides is 1. The van der Waals surface area contributed by atoms with Gasteiger partial charge in [0.2, 0.25) is 0 Å². The van der Waals surface area contributed by atoms with Crippen LogP contribution in [0.1, 0.15) is 30.6 Å². The second kappa shape index (κ2) is 5.73. The molecule has 1 atom stereocenters. The van der Waals surface area contributed by atoms with Gasteiger partial charge >= 0.3 is 5.97 Å². The number of carbonyl (C=O) groups excluding carboxylic acids is 1. The van der Waals surface area contributed by atoms with E-state index in [1.54, 1.807) is 24.4 Å². The number of aromatic amines is 1. The maximum Gasteiger partial charge on any atom is 0.326 e. The standard InChI is InChI=1S/C14H17N3O3/c1-8(2)5-12(14(19)20)16-13(18)9-3-4-11-10(6-9)7-15-17-11/h3-4,6-8,12H,5H2,1-2H3,(H,15,17)(H,16,18)(H,19,20)/t12-/m1/s1. The summed E-state index contributed by atoms with van der Waals surface area (Å²) in [4.78, 5) is 23.2. The van der Waals surface area contributed by atoms with Gasteiger partial charge in [-0.1, -0.05) is 13.8 Å². The van der Waals surface area contributed by atoms with Gasteiger partial charge in [-0.2, -0.15) is 5.10 Å². The fourth-order valence-electron chi connectivity index (χ4n) is 2.02. The summed E-state index contributed by atoms with van der Waals surface area (Å²) >= 11 is 0. The molecule has 1 aromatic carbocycles. The smallest absolute Gasteiger partial charge is 0.326 e. The Morgan fingerprint density at radius 1 is 1.40 bits per heavy atom. The van der Waals surface area contributed by atoms with E-state index in [0.29, 0.717) is 12.0 Å². The number of rotatable bonds is 5. The van der Waals surface area contributed by atoms with Crippen molar-refractivity contribution >= 4 is 22.8 Å². The van der Waals surface area contributed by atoms with Crippen LogP contribution in [-0.2, 0) is 4.79 Å². The number of hydrogen-bond donors (Lipinski definition) is 3. The molecule has 1 amide bonds. The van der Waals surface area contributed by atoms with Crippen LogP contribution < -0.4 is 5.32 Å². The number of nitrogens with zero attached hydrogens (tertiary/aromatic N) is 1. The van der Waals surface area contributed by atoms with Crippen molar-refractivity contribution < 1.29 is 14.7 Å². The van der Waals surface area contributed by atoms with Crippen molar-refractivity contribution in [1.29, 1.82) is 0 Å². The number of aliphatic carboxylic acids is 1. The van der Waals surface area contributed by atoms with Gasteiger partial charge < -0.3 is 10.4 Å². The predicted molar refractivity (Wildman–Crippen MR) is 74.4 cm³/mol. The van der Waals surface area contributed by atoms with E-state index in [1.807, 2.05) is 13.8 Å². The predicted octanol–water partition coefficient (Wildman–Crippen LogP) is 1.79. The molecule has 0 bridgehead atoms. The summed E-state index contributed by atoms with van der Waals surface area (Å²) in [6.45, 7) is 3.83. The Morgan fingerprint density at radius 2 is 2.15 bits per heavy atom. The third kappa shape index (κ3) is 3.14. The van der Waals surface area contributed by atoms with Gasteiger partial charge in [-0.05, 0) is 30.5 Å². The highest BCUT2D eigenvalue weighted by Crippen LogP contribution is 2.13. The van der Waals surface area contributed by atoms with Crippen LogP contribution in [0.15, 0.2) is 24.4 Å². The van der Waals surface area contributed by atoms with E-state index in [9.17, 15) is 9.59 Å². The molecule has 0 aliphatic heterocycles. The van der Waals surface area contributed by atoms with Crippen molar-refractivity contribution in [3.05, 3.63) is 30.0 Å². The lowest BCUT2D eigenvalue weighted by Crippen LogP contribution is -2.41. The minimum Gasteiger partial charge on any atom is -0.480 e. The quantitative estimate of drug-likeness (QED) is 0.775. The van der Waals surface area contributed by atoms with Gasteiger partial charge in [-0.15, -0.1) is 0 Å². The molecule has 0 unspecified atom stereocenters. The van der Waals surface area contributed by atoms with Crippen molar-refractivity contribution in [2.24, 2.45) is 5.92 Å². The highest BCUT2D eigenvalue weighted by molar-refractivity contribution is 5.99. The zero-order valence-corrected chi connectivity index (χ0v) is 11.4. The molecule has 2 aromatic rings. The molecule has 0 fully saturated rings. The van der Waals surface area contributed by atoms with E-state index < -0.39 is 12.0 Å². The molecule has 3 N–H and O–H groups in total. The molecule has 0 spiro atoms. The van der Waals surface area contributed by atoms with Gasteiger partial charge in [0.05, 0.1) is 11.7 Å². The van der Waals surface area contributed by atoms with E-state index in [4.69, 9.17) is 5.11 Å². The Morgan fingerprint density at radius 3 is 2.80 bits per heavy atom. The fourth-order valence-corrected chi connectivity index (χ4v) is 2.02. The van der Waals surface area contributed by atoms with E-state index in [-0.39, 0.29) is 11.8 Å². The second-order valence-corrected chi connectivity index (χ2v) is 5.17. The normalized spacial score (nSPS) is 12.6. The van der Waals surface area contributed by atoms with Gasteiger partial charge in [-0.3, -0.25) is 9.89 Å². The van der Waals surface area contributed by atoms with Crippen LogP contribution >= 0.6 is 0 Å². The highest BCUT2D eigenvalue weighted by atomic mass is 16.4. The number of H-pyrrole nitrogens is 1. The van der Waals surface area contributed by atoms with Crippen LogP contribution in [-0.4, -0.2) is 33.2 Å². The Hall–Kier alpha value is -2.37. The molecule has 0 saturated carbocycles. The molecule has 1 aromatic heterocycles. The van der Waals surface area contributed by atoms with E-state index >= 15 is 0 Å². The fraction of sp³-hybridized carbons (Fsp3) is 0.357. The minimum absolute atomic E-state index is 0.188. The lowest BCUT2D eigenvalue weighted by Gasteiger charge is -2.16. The van der Waals surface area contributed by atoms with Gasteiger partial charge in [0.1, 0.15) is 6.04 Å². The summed E-state index contributed by atoms with van der Waals surface area (Å²) in [6.07, 6.45) is 2.02. The largest absolute Gasteiger partial charge is 0.480 e. The minimum atomic E-state index is -1.02. The van der Waals surface area contributed by atoms with E-state index in [1.165, 1.54) is 0 Å². The van der Waals surface area contributed by atoms with Crippen molar-refractivity contribution in [2.45, 2.75) is 26.3 Å². The number of benzene rings is 1. The average Bonchev–Trinajstić information content (AvgIpc) is 2.84. The van der Waals surface area contributed by atoms with Gasteiger partial charge in [0.25, 0.3) is 5.91 Å². The maximum absolute atomic E-state index is 12.1. The summed E-state index contributed by atoms with van der Waals surface area (Å²) in [5.41, 5.74) is 1.26. The molecule has 20 heavy (non-hydrogen) atoms. The molecule has 0 aliphatic carbocycles. The Bertz CT molecular complexity index is 633. The first-order chi connectivity index (χ1) is 9.47. The molecule has 1 heterocycles. The highest BCUT2D eigenvalue weighted by Gasteiger charge is 2.21. The van der Waals surface area contributed by atoms with Crippen LogP contribution in [0.3, 0.4) is 0 Å². The first-order valence-corrected chi connectivity index (χ1v) is 6.44. The zero-order valence-electron chi connectivity index (χ0n) is 11.4. The average molecular weight is 275 g/mol. The summed E-state index contributed by atoms with van der Waals surface area (Å²) in [7, 11) is 0. The number of fused-ring (bicyclic) bond motifs is 1. The third-order valence-corrected chi connectivity index (χ3v) is 3.01. The second-order valence-electron chi connectivity index (χ2n) is 5.17. The number of carboxylic acid groups (broad SMARTS) is 1. The summed E-state index contributed by atoms with van der Waals surface area (Å²) in [5.74, 6) is -1.22. The van der Waals surface area contributed by atoms with Gasteiger partial charge in [-0.25, -0.2) is 4.79 Å².